The van der Waals surface area contributed by atoms with Crippen molar-refractivity contribution in [3.8, 4) is 6.07 Å². The fraction of sp³-hybridized carbons (Fsp3) is 0.385. The second-order valence-electron chi connectivity index (χ2n) is 4.40. The standard InChI is InChI=1S/C13H15FN2O2/c1-8(2)12(6-13(17)18)16-11-4-3-9(7-15)5-10(11)14/h3-5,8,12,16H,6H2,1-2H3,(H,17,18). The summed E-state index contributed by atoms with van der Waals surface area (Å²) in [4.78, 5) is 10.7. The van der Waals surface area contributed by atoms with Crippen LogP contribution in [0.15, 0.2) is 18.2 Å². The van der Waals surface area contributed by atoms with Gasteiger partial charge in [0.15, 0.2) is 0 Å². The Hall–Kier alpha value is -2.09. The summed E-state index contributed by atoms with van der Waals surface area (Å²) >= 11 is 0. The van der Waals surface area contributed by atoms with Gasteiger partial charge in [-0.15, -0.1) is 0 Å². The summed E-state index contributed by atoms with van der Waals surface area (Å²) in [5.41, 5.74) is 0.450. The minimum Gasteiger partial charge on any atom is -0.481 e. The number of anilines is 1. The number of nitrogens with zero attached hydrogens (tertiary/aromatic N) is 1. The Kier molecular flexibility index (Phi) is 4.67. The molecule has 2 N–H and O–H groups in total. The maximum Gasteiger partial charge on any atom is 0.305 e. The van der Waals surface area contributed by atoms with Gasteiger partial charge in [-0.25, -0.2) is 4.39 Å². The number of benzene rings is 1. The van der Waals surface area contributed by atoms with Crippen LogP contribution in [0.1, 0.15) is 25.8 Å². The average molecular weight is 250 g/mol. The lowest BCUT2D eigenvalue weighted by Crippen LogP contribution is -2.29. The van der Waals surface area contributed by atoms with Crippen LogP contribution in [0.2, 0.25) is 0 Å². The van der Waals surface area contributed by atoms with Gasteiger partial charge in [-0.05, 0) is 24.1 Å². The van der Waals surface area contributed by atoms with Crippen LogP contribution in [-0.4, -0.2) is 17.1 Å². The highest BCUT2D eigenvalue weighted by atomic mass is 19.1. The minimum atomic E-state index is -0.935. The van der Waals surface area contributed by atoms with Crippen LogP contribution in [-0.2, 0) is 4.79 Å². The largest absolute Gasteiger partial charge is 0.481 e. The SMILES string of the molecule is CC(C)C(CC(=O)O)Nc1ccc(C#N)cc1F. The lowest BCUT2D eigenvalue weighted by Gasteiger charge is -2.22. The highest BCUT2D eigenvalue weighted by Crippen LogP contribution is 2.19. The van der Waals surface area contributed by atoms with Gasteiger partial charge < -0.3 is 10.4 Å². The molecule has 5 heteroatoms. The third-order valence-corrected chi connectivity index (χ3v) is 2.64. The molecule has 0 amide bonds. The van der Waals surface area contributed by atoms with Crippen molar-refractivity contribution in [3.63, 3.8) is 0 Å². The molecule has 0 fully saturated rings. The predicted molar refractivity (Wildman–Crippen MR) is 65.6 cm³/mol. The third kappa shape index (κ3) is 3.74. The molecule has 0 aliphatic heterocycles. The summed E-state index contributed by atoms with van der Waals surface area (Å²) in [6.07, 6.45) is -0.0862. The average Bonchev–Trinajstić information content (AvgIpc) is 2.29. The molecule has 0 saturated carbocycles. The van der Waals surface area contributed by atoms with Crippen LogP contribution in [0, 0.1) is 23.1 Å². The zero-order valence-corrected chi connectivity index (χ0v) is 10.3. The van der Waals surface area contributed by atoms with Gasteiger partial charge in [0.2, 0.25) is 0 Å². The van der Waals surface area contributed by atoms with Crippen LogP contribution in [0.25, 0.3) is 0 Å². The van der Waals surface area contributed by atoms with Crippen LogP contribution in [0.4, 0.5) is 10.1 Å². The molecule has 0 aromatic heterocycles. The van der Waals surface area contributed by atoms with Gasteiger partial charge in [0.1, 0.15) is 5.82 Å². The monoisotopic (exact) mass is 250 g/mol. The molecule has 1 aromatic rings. The zero-order valence-electron chi connectivity index (χ0n) is 10.3. The summed E-state index contributed by atoms with van der Waals surface area (Å²) < 4.78 is 13.6. The maximum absolute atomic E-state index is 13.6. The first-order valence-electron chi connectivity index (χ1n) is 5.62. The Morgan fingerprint density at radius 1 is 1.56 bits per heavy atom. The summed E-state index contributed by atoms with van der Waals surface area (Å²) in [6.45, 7) is 3.73. The molecule has 96 valence electrons. The topological polar surface area (TPSA) is 73.1 Å². The number of hydrogen-bond donors (Lipinski definition) is 2. The summed E-state index contributed by atoms with van der Waals surface area (Å²) in [5.74, 6) is -1.43. The first-order chi connectivity index (χ1) is 8.43. The number of rotatable bonds is 5. The maximum atomic E-state index is 13.6. The van der Waals surface area contributed by atoms with E-state index < -0.39 is 11.8 Å². The molecule has 1 unspecified atom stereocenters. The molecule has 0 spiro atoms. The Labute approximate surface area is 105 Å². The van der Waals surface area contributed by atoms with Crippen LogP contribution in [0.3, 0.4) is 0 Å². The lowest BCUT2D eigenvalue weighted by molar-refractivity contribution is -0.137. The predicted octanol–water partition coefficient (Wildman–Crippen LogP) is 2.61. The van der Waals surface area contributed by atoms with Crippen molar-refractivity contribution in [2.45, 2.75) is 26.3 Å². The van der Waals surface area contributed by atoms with Crippen LogP contribution >= 0.6 is 0 Å². The normalized spacial score (nSPS) is 11.9. The van der Waals surface area contributed by atoms with E-state index in [1.54, 1.807) is 0 Å². The molecular weight excluding hydrogens is 235 g/mol. The van der Waals surface area contributed by atoms with Crippen molar-refractivity contribution in [2.24, 2.45) is 5.92 Å². The molecule has 18 heavy (non-hydrogen) atoms. The van der Waals surface area contributed by atoms with E-state index in [-0.39, 0.29) is 29.6 Å². The Morgan fingerprint density at radius 3 is 2.67 bits per heavy atom. The van der Waals surface area contributed by atoms with E-state index in [4.69, 9.17) is 10.4 Å². The number of nitriles is 1. The molecule has 4 nitrogen and oxygen atoms in total. The van der Waals surface area contributed by atoms with Crippen LogP contribution < -0.4 is 5.32 Å². The van der Waals surface area contributed by atoms with Crippen LogP contribution in [0.5, 0.6) is 0 Å². The minimum absolute atomic E-state index is 0.0520. The molecule has 0 aliphatic rings. The lowest BCUT2D eigenvalue weighted by atomic mass is 10.0. The van der Waals surface area contributed by atoms with E-state index in [1.165, 1.54) is 12.1 Å². The van der Waals surface area contributed by atoms with E-state index in [2.05, 4.69) is 5.32 Å². The molecular formula is C13H15FN2O2. The second kappa shape index (κ2) is 6.01. The summed E-state index contributed by atoms with van der Waals surface area (Å²) in [5, 5.41) is 20.3. The Morgan fingerprint density at radius 2 is 2.22 bits per heavy atom. The van der Waals surface area contributed by atoms with E-state index >= 15 is 0 Å². The molecule has 0 saturated heterocycles. The number of carboxylic acid groups (broad SMARTS) is 1. The quantitative estimate of drug-likeness (QED) is 0.842. The summed E-state index contributed by atoms with van der Waals surface area (Å²) in [6, 6.07) is 5.55. The summed E-state index contributed by atoms with van der Waals surface area (Å²) in [7, 11) is 0. The van der Waals surface area contributed by atoms with Crippen molar-refractivity contribution in [1.82, 2.24) is 0 Å². The fourth-order valence-electron chi connectivity index (χ4n) is 1.54. The van der Waals surface area contributed by atoms with Crippen molar-refractivity contribution in [2.75, 3.05) is 5.32 Å². The highest BCUT2D eigenvalue weighted by Gasteiger charge is 2.18. The second-order valence-corrected chi connectivity index (χ2v) is 4.40. The highest BCUT2D eigenvalue weighted by molar-refractivity contribution is 5.68. The van der Waals surface area contributed by atoms with E-state index in [0.717, 1.165) is 6.07 Å². The molecule has 1 aromatic carbocycles. The van der Waals surface area contributed by atoms with Gasteiger partial charge >= 0.3 is 5.97 Å². The van der Waals surface area contributed by atoms with Gasteiger partial charge in [-0.3, -0.25) is 4.79 Å². The molecule has 0 bridgehead atoms. The van der Waals surface area contributed by atoms with Gasteiger partial charge in [0, 0.05) is 6.04 Å². The molecule has 1 atom stereocenters. The van der Waals surface area contributed by atoms with Crippen molar-refractivity contribution >= 4 is 11.7 Å². The molecule has 0 radical (unpaired) electrons. The number of hydrogen-bond acceptors (Lipinski definition) is 3. The van der Waals surface area contributed by atoms with Gasteiger partial charge in [-0.1, -0.05) is 13.8 Å². The van der Waals surface area contributed by atoms with Gasteiger partial charge in [0.25, 0.3) is 0 Å². The van der Waals surface area contributed by atoms with Crippen molar-refractivity contribution in [3.05, 3.63) is 29.6 Å². The molecule has 0 aliphatic carbocycles. The first kappa shape index (κ1) is 14.0. The Bertz CT molecular complexity index is 480. The third-order valence-electron chi connectivity index (χ3n) is 2.64. The van der Waals surface area contributed by atoms with Crippen molar-refractivity contribution in [1.29, 1.82) is 5.26 Å². The van der Waals surface area contributed by atoms with Crippen molar-refractivity contribution < 1.29 is 14.3 Å². The zero-order chi connectivity index (χ0) is 13.7. The molecule has 0 heterocycles. The van der Waals surface area contributed by atoms with E-state index in [0.29, 0.717) is 0 Å². The fourth-order valence-corrected chi connectivity index (χ4v) is 1.54. The molecule has 1 rings (SSSR count). The number of halogens is 1. The number of aliphatic carboxylic acids is 1. The number of carboxylic acids is 1. The number of carbonyl (C=O) groups is 1. The van der Waals surface area contributed by atoms with E-state index in [1.807, 2.05) is 19.9 Å². The number of nitrogens with one attached hydrogen (secondary N) is 1. The van der Waals surface area contributed by atoms with E-state index in [9.17, 15) is 9.18 Å². The first-order valence-corrected chi connectivity index (χ1v) is 5.62. The van der Waals surface area contributed by atoms with Gasteiger partial charge in [-0.2, -0.15) is 5.26 Å². The Balaban J connectivity index is 2.87. The van der Waals surface area contributed by atoms with Gasteiger partial charge in [0.05, 0.1) is 23.7 Å². The smallest absolute Gasteiger partial charge is 0.305 e.